The third kappa shape index (κ3) is 1.84. The average molecular weight is 300 g/mol. The van der Waals surface area contributed by atoms with E-state index in [0.29, 0.717) is 11.2 Å². The second kappa shape index (κ2) is 4.39. The van der Waals surface area contributed by atoms with Gasteiger partial charge in [-0.3, -0.25) is 4.57 Å². The van der Waals surface area contributed by atoms with Gasteiger partial charge < -0.3 is 14.9 Å². The second-order valence-corrected chi connectivity index (χ2v) is 5.25. The van der Waals surface area contributed by atoms with Crippen molar-refractivity contribution in [1.82, 2.24) is 19.5 Å². The first-order valence-electron chi connectivity index (χ1n) is 6.30. The predicted molar refractivity (Wildman–Crippen MR) is 66.6 cm³/mol. The maximum atomic E-state index is 14.7. The lowest BCUT2D eigenvalue weighted by Gasteiger charge is -2.24. The van der Waals surface area contributed by atoms with Crippen molar-refractivity contribution in [3.8, 4) is 0 Å². The monoisotopic (exact) mass is 300 g/mol. The normalized spacial score (nSPS) is 36.5. The molecule has 2 aromatic heterocycles. The van der Waals surface area contributed by atoms with Crippen LogP contribution in [-0.2, 0) is 4.74 Å². The van der Waals surface area contributed by atoms with E-state index < -0.39 is 30.5 Å². The molecule has 0 amide bonds. The molecule has 1 fully saturated rings. The summed E-state index contributed by atoms with van der Waals surface area (Å²) in [6, 6.07) is 0. The highest BCUT2D eigenvalue weighted by atomic mass is 19.2. The van der Waals surface area contributed by atoms with Crippen LogP contribution in [0.4, 0.5) is 8.78 Å². The topological polar surface area (TPSA) is 93.3 Å². The number of aryl methyl sites for hydroxylation is 1. The van der Waals surface area contributed by atoms with E-state index >= 15 is 0 Å². The smallest absolute Gasteiger partial charge is 0.263 e. The van der Waals surface area contributed by atoms with Crippen molar-refractivity contribution in [2.75, 3.05) is 6.61 Å². The minimum atomic E-state index is -2.88. The molecule has 114 valence electrons. The number of halogens is 2. The van der Waals surface area contributed by atoms with Gasteiger partial charge in [-0.15, -0.1) is 0 Å². The van der Waals surface area contributed by atoms with Gasteiger partial charge in [0.15, 0.2) is 23.6 Å². The predicted octanol–water partition coefficient (Wildman–Crippen LogP) is 0.411. The number of fused-ring (bicyclic) bond motifs is 1. The first kappa shape index (κ1) is 14.2. The molecule has 2 aromatic rings. The molecule has 1 aliphatic rings. The van der Waals surface area contributed by atoms with E-state index in [-0.39, 0.29) is 5.65 Å². The number of hydrogen-bond acceptors (Lipinski definition) is 6. The van der Waals surface area contributed by atoms with Crippen LogP contribution in [0.25, 0.3) is 11.2 Å². The number of ether oxygens (including phenoxy) is 1. The lowest BCUT2D eigenvalue weighted by Crippen LogP contribution is -2.46. The van der Waals surface area contributed by atoms with Gasteiger partial charge in [0.2, 0.25) is 0 Å². The summed E-state index contributed by atoms with van der Waals surface area (Å²) >= 11 is 0. The average Bonchev–Trinajstić information content (AvgIpc) is 2.94. The first-order valence-corrected chi connectivity index (χ1v) is 6.30. The Labute approximate surface area is 118 Å². The van der Waals surface area contributed by atoms with Crippen LogP contribution in [0.15, 0.2) is 12.7 Å². The summed E-state index contributed by atoms with van der Waals surface area (Å²) in [5, 5.41) is 18.8. The van der Waals surface area contributed by atoms with E-state index in [1.54, 1.807) is 6.92 Å². The van der Waals surface area contributed by atoms with Crippen LogP contribution < -0.4 is 0 Å². The summed E-state index contributed by atoms with van der Waals surface area (Å²) in [5.41, 5.74) is -1.21. The molecule has 1 aliphatic heterocycles. The molecule has 0 aromatic carbocycles. The standard InChI is InChI=1S/C12H14F2N4O3/c1-6-7-8(16-4-15-6)18(5-17-7)10-11(2,13)9(20)12(14,3-19)21-10/h4-5,9-10,19-20H,3H2,1-2H3/t9-,10+,11+,12+/m0/s1. The number of nitrogens with zero attached hydrogens (tertiary/aromatic N) is 4. The van der Waals surface area contributed by atoms with E-state index in [1.165, 1.54) is 17.2 Å². The zero-order chi connectivity index (χ0) is 15.4. The highest BCUT2D eigenvalue weighted by Crippen LogP contribution is 2.47. The largest absolute Gasteiger partial charge is 0.390 e. The van der Waals surface area contributed by atoms with Crippen molar-refractivity contribution in [3.63, 3.8) is 0 Å². The summed E-state index contributed by atoms with van der Waals surface area (Å²) < 4.78 is 35.1. The molecule has 9 heteroatoms. The van der Waals surface area contributed by atoms with Crippen molar-refractivity contribution in [2.24, 2.45) is 0 Å². The van der Waals surface area contributed by atoms with Crippen molar-refractivity contribution >= 4 is 11.2 Å². The Morgan fingerprint density at radius 3 is 2.71 bits per heavy atom. The SMILES string of the molecule is Cc1ncnc2c1ncn2[C@@H]1O[C@](F)(CO)[C@@H](O)[C@@]1(C)F. The van der Waals surface area contributed by atoms with Gasteiger partial charge in [-0.1, -0.05) is 0 Å². The van der Waals surface area contributed by atoms with Gasteiger partial charge >= 0.3 is 0 Å². The van der Waals surface area contributed by atoms with Crippen molar-refractivity contribution < 1.29 is 23.7 Å². The molecule has 21 heavy (non-hydrogen) atoms. The molecule has 0 bridgehead atoms. The van der Waals surface area contributed by atoms with Crippen LogP contribution >= 0.6 is 0 Å². The molecule has 7 nitrogen and oxygen atoms in total. The third-order valence-corrected chi connectivity index (χ3v) is 3.74. The summed E-state index contributed by atoms with van der Waals surface area (Å²) in [7, 11) is 0. The minimum Gasteiger partial charge on any atom is -0.390 e. The van der Waals surface area contributed by atoms with Crippen LogP contribution in [0.5, 0.6) is 0 Å². The second-order valence-electron chi connectivity index (χ2n) is 5.25. The van der Waals surface area contributed by atoms with E-state index in [0.717, 1.165) is 6.92 Å². The van der Waals surface area contributed by atoms with Gasteiger partial charge in [0.1, 0.15) is 18.5 Å². The molecule has 3 heterocycles. The molecule has 0 unspecified atom stereocenters. The number of imidazole rings is 1. The number of aromatic nitrogens is 4. The zero-order valence-corrected chi connectivity index (χ0v) is 11.4. The Morgan fingerprint density at radius 1 is 1.38 bits per heavy atom. The van der Waals surface area contributed by atoms with Crippen LogP contribution in [0.2, 0.25) is 0 Å². The van der Waals surface area contributed by atoms with E-state index in [9.17, 15) is 13.9 Å². The molecular formula is C12H14F2N4O3. The fourth-order valence-corrected chi connectivity index (χ4v) is 2.51. The third-order valence-electron chi connectivity index (χ3n) is 3.74. The maximum absolute atomic E-state index is 14.7. The molecule has 2 N–H and O–H groups in total. The first-order chi connectivity index (χ1) is 9.81. The Hall–Kier alpha value is -1.71. The van der Waals surface area contributed by atoms with Gasteiger partial charge in [-0.05, 0) is 13.8 Å². The molecule has 3 rings (SSSR count). The van der Waals surface area contributed by atoms with E-state index in [4.69, 9.17) is 9.84 Å². The number of alkyl halides is 2. The summed E-state index contributed by atoms with van der Waals surface area (Å²) in [6.07, 6.45) is -1.14. The van der Waals surface area contributed by atoms with Gasteiger partial charge in [-0.2, -0.15) is 0 Å². The molecule has 1 saturated heterocycles. The number of rotatable bonds is 2. The highest BCUT2D eigenvalue weighted by molar-refractivity contribution is 5.72. The van der Waals surface area contributed by atoms with Crippen molar-refractivity contribution in [3.05, 3.63) is 18.3 Å². The summed E-state index contributed by atoms with van der Waals surface area (Å²) in [6.45, 7) is 1.54. The highest BCUT2D eigenvalue weighted by Gasteiger charge is 2.64. The Balaban J connectivity index is 2.13. The molecule has 0 radical (unpaired) electrons. The van der Waals surface area contributed by atoms with E-state index in [2.05, 4.69) is 15.0 Å². The number of aliphatic hydroxyl groups is 2. The van der Waals surface area contributed by atoms with Gasteiger partial charge in [0.25, 0.3) is 5.85 Å². The van der Waals surface area contributed by atoms with Crippen LogP contribution in [0, 0.1) is 6.92 Å². The van der Waals surface area contributed by atoms with Crippen molar-refractivity contribution in [2.45, 2.75) is 37.7 Å². The van der Waals surface area contributed by atoms with Crippen LogP contribution in [0.1, 0.15) is 18.8 Å². The van der Waals surface area contributed by atoms with Crippen molar-refractivity contribution in [1.29, 1.82) is 0 Å². The fourth-order valence-electron chi connectivity index (χ4n) is 2.51. The minimum absolute atomic E-state index is 0.255. The zero-order valence-electron chi connectivity index (χ0n) is 11.4. The number of aliphatic hydroxyl groups excluding tert-OH is 2. The van der Waals surface area contributed by atoms with Gasteiger partial charge in [-0.25, -0.2) is 23.7 Å². The van der Waals surface area contributed by atoms with Gasteiger partial charge in [0, 0.05) is 0 Å². The van der Waals surface area contributed by atoms with E-state index in [1.807, 2.05) is 0 Å². The van der Waals surface area contributed by atoms with Crippen LogP contribution in [0.3, 0.4) is 0 Å². The molecule has 0 saturated carbocycles. The summed E-state index contributed by atoms with van der Waals surface area (Å²) in [5.74, 6) is -2.88. The molecular weight excluding hydrogens is 286 g/mol. The molecule has 0 aliphatic carbocycles. The van der Waals surface area contributed by atoms with Crippen LogP contribution in [-0.4, -0.2) is 54.0 Å². The summed E-state index contributed by atoms with van der Waals surface area (Å²) in [4.78, 5) is 12.0. The fraction of sp³-hybridized carbons (Fsp3) is 0.583. The maximum Gasteiger partial charge on any atom is 0.263 e. The number of hydrogen-bond donors (Lipinski definition) is 2. The molecule has 4 atom stereocenters. The lowest BCUT2D eigenvalue weighted by atomic mass is 9.97. The van der Waals surface area contributed by atoms with Gasteiger partial charge in [0.05, 0.1) is 12.0 Å². The quantitative estimate of drug-likeness (QED) is 0.834. The lowest BCUT2D eigenvalue weighted by molar-refractivity contribution is -0.206. The Bertz CT molecular complexity index is 692. The Kier molecular flexibility index (Phi) is 2.98. The molecule has 0 spiro atoms. The Morgan fingerprint density at radius 2 is 2.10 bits per heavy atom.